The maximum Gasteiger partial charge on any atom is 0.223 e. The topological polar surface area (TPSA) is 69.7 Å². The molecule has 7 heteroatoms. The molecular formula is C19H31N3O3S. The van der Waals surface area contributed by atoms with E-state index in [1.807, 2.05) is 31.2 Å². The normalized spacial score (nSPS) is 15.1. The number of hydrogen-bond donors (Lipinski definition) is 1. The highest BCUT2D eigenvalue weighted by molar-refractivity contribution is 7.89. The largest absolute Gasteiger partial charge is 0.372 e. The number of piperidine rings is 1. The second-order valence-electron chi connectivity index (χ2n) is 6.80. The van der Waals surface area contributed by atoms with Crippen molar-refractivity contribution < 1.29 is 13.2 Å². The molecule has 0 saturated carbocycles. The van der Waals surface area contributed by atoms with Gasteiger partial charge in [-0.25, -0.2) is 13.1 Å². The zero-order chi connectivity index (χ0) is 19.0. The molecule has 1 amide bonds. The van der Waals surface area contributed by atoms with Crippen molar-refractivity contribution in [1.82, 2.24) is 4.72 Å². The summed E-state index contributed by atoms with van der Waals surface area (Å²) in [5.41, 5.74) is 1.98. The third-order valence-corrected chi connectivity index (χ3v) is 6.16. The van der Waals surface area contributed by atoms with Crippen LogP contribution in [0.4, 0.5) is 11.4 Å². The Labute approximate surface area is 157 Å². The minimum absolute atomic E-state index is 0.0940. The molecule has 1 aliphatic rings. The van der Waals surface area contributed by atoms with Crippen LogP contribution in [0, 0.1) is 0 Å². The molecule has 26 heavy (non-hydrogen) atoms. The SMILES string of the molecule is CCCCS(=O)(=O)NCCN(C(C)=O)c1ccc(N2CCCCC2)cc1. The van der Waals surface area contributed by atoms with Gasteiger partial charge in [-0.05, 0) is 49.9 Å². The number of nitrogens with one attached hydrogen (secondary N) is 1. The van der Waals surface area contributed by atoms with Gasteiger partial charge in [0.1, 0.15) is 0 Å². The van der Waals surface area contributed by atoms with Crippen molar-refractivity contribution >= 4 is 27.3 Å². The number of carbonyl (C=O) groups excluding carboxylic acids is 1. The van der Waals surface area contributed by atoms with Crippen molar-refractivity contribution in [3.8, 4) is 0 Å². The molecule has 2 rings (SSSR count). The van der Waals surface area contributed by atoms with Gasteiger partial charge in [0, 0.05) is 44.5 Å². The zero-order valence-corrected chi connectivity index (χ0v) is 16.7. The monoisotopic (exact) mass is 381 g/mol. The Morgan fingerprint density at radius 1 is 1.15 bits per heavy atom. The van der Waals surface area contributed by atoms with E-state index in [0.29, 0.717) is 13.0 Å². The summed E-state index contributed by atoms with van der Waals surface area (Å²) in [6.45, 7) is 6.17. The van der Waals surface area contributed by atoms with E-state index in [2.05, 4.69) is 9.62 Å². The molecule has 1 aliphatic heterocycles. The molecule has 0 unspecified atom stereocenters. The van der Waals surface area contributed by atoms with Crippen molar-refractivity contribution in [1.29, 1.82) is 0 Å². The molecule has 0 radical (unpaired) electrons. The van der Waals surface area contributed by atoms with Crippen LogP contribution >= 0.6 is 0 Å². The summed E-state index contributed by atoms with van der Waals surface area (Å²) in [6, 6.07) is 7.97. The maximum absolute atomic E-state index is 12.0. The van der Waals surface area contributed by atoms with E-state index >= 15 is 0 Å². The molecule has 0 spiro atoms. The first-order valence-electron chi connectivity index (χ1n) is 9.53. The molecule has 0 aliphatic carbocycles. The van der Waals surface area contributed by atoms with Gasteiger partial charge in [0.2, 0.25) is 15.9 Å². The number of sulfonamides is 1. The number of rotatable bonds is 9. The Balaban J connectivity index is 1.95. The van der Waals surface area contributed by atoms with Gasteiger partial charge in [0.05, 0.1) is 5.75 Å². The van der Waals surface area contributed by atoms with Gasteiger partial charge < -0.3 is 9.80 Å². The van der Waals surface area contributed by atoms with E-state index in [1.54, 1.807) is 4.90 Å². The van der Waals surface area contributed by atoms with Crippen molar-refractivity contribution in [2.24, 2.45) is 0 Å². The van der Waals surface area contributed by atoms with E-state index in [0.717, 1.165) is 25.2 Å². The summed E-state index contributed by atoms with van der Waals surface area (Å²) >= 11 is 0. The molecule has 1 N–H and O–H groups in total. The lowest BCUT2D eigenvalue weighted by Crippen LogP contribution is -2.38. The average molecular weight is 382 g/mol. The van der Waals surface area contributed by atoms with Gasteiger partial charge in [0.25, 0.3) is 0 Å². The van der Waals surface area contributed by atoms with E-state index in [-0.39, 0.29) is 18.2 Å². The van der Waals surface area contributed by atoms with Crippen LogP contribution in [0.25, 0.3) is 0 Å². The van der Waals surface area contributed by atoms with Crippen molar-refractivity contribution in [2.45, 2.75) is 46.0 Å². The summed E-state index contributed by atoms with van der Waals surface area (Å²) in [7, 11) is -3.26. The smallest absolute Gasteiger partial charge is 0.223 e. The van der Waals surface area contributed by atoms with Crippen LogP contribution in [0.2, 0.25) is 0 Å². The van der Waals surface area contributed by atoms with Crippen LogP contribution in [-0.2, 0) is 14.8 Å². The Morgan fingerprint density at radius 2 is 1.81 bits per heavy atom. The molecular weight excluding hydrogens is 350 g/mol. The lowest BCUT2D eigenvalue weighted by molar-refractivity contribution is -0.116. The fourth-order valence-electron chi connectivity index (χ4n) is 3.18. The van der Waals surface area contributed by atoms with Gasteiger partial charge in [-0.3, -0.25) is 4.79 Å². The van der Waals surface area contributed by atoms with Gasteiger partial charge in [-0.15, -0.1) is 0 Å². The standard InChI is InChI=1S/C19H31N3O3S/c1-3-4-16-26(24,25)20-12-15-22(17(2)23)19-10-8-18(9-11-19)21-13-6-5-7-14-21/h8-11,20H,3-7,12-16H2,1-2H3. The number of benzene rings is 1. The van der Waals surface area contributed by atoms with Gasteiger partial charge in [-0.1, -0.05) is 13.3 Å². The Morgan fingerprint density at radius 3 is 2.38 bits per heavy atom. The quantitative estimate of drug-likeness (QED) is 0.714. The first kappa shape index (κ1) is 20.7. The van der Waals surface area contributed by atoms with E-state index in [9.17, 15) is 13.2 Å². The number of hydrogen-bond acceptors (Lipinski definition) is 4. The predicted molar refractivity (Wildman–Crippen MR) is 107 cm³/mol. The molecule has 1 aromatic carbocycles. The highest BCUT2D eigenvalue weighted by Gasteiger charge is 2.15. The highest BCUT2D eigenvalue weighted by Crippen LogP contribution is 2.23. The number of unbranched alkanes of at least 4 members (excludes halogenated alkanes) is 1. The maximum atomic E-state index is 12.0. The van der Waals surface area contributed by atoms with Gasteiger partial charge >= 0.3 is 0 Å². The molecule has 0 aromatic heterocycles. The lowest BCUT2D eigenvalue weighted by atomic mass is 10.1. The average Bonchev–Trinajstić information content (AvgIpc) is 2.64. The van der Waals surface area contributed by atoms with Crippen molar-refractivity contribution in [3.05, 3.63) is 24.3 Å². The number of anilines is 2. The third kappa shape index (κ3) is 6.29. The Kier molecular flexibility index (Phi) is 7.90. The van der Waals surface area contributed by atoms with Crippen LogP contribution < -0.4 is 14.5 Å². The second-order valence-corrected chi connectivity index (χ2v) is 8.73. The summed E-state index contributed by atoms with van der Waals surface area (Å²) in [6.07, 6.45) is 5.22. The number of nitrogens with zero attached hydrogens (tertiary/aromatic N) is 2. The summed E-state index contributed by atoms with van der Waals surface area (Å²) in [4.78, 5) is 16.0. The second kappa shape index (κ2) is 9.92. The van der Waals surface area contributed by atoms with Crippen LogP contribution in [0.1, 0.15) is 46.0 Å². The molecule has 0 bridgehead atoms. The van der Waals surface area contributed by atoms with Crippen LogP contribution in [-0.4, -0.2) is 46.3 Å². The molecule has 1 aromatic rings. The minimum Gasteiger partial charge on any atom is -0.372 e. The van der Waals surface area contributed by atoms with Gasteiger partial charge in [-0.2, -0.15) is 0 Å². The Hall–Kier alpha value is -1.60. The molecule has 1 saturated heterocycles. The zero-order valence-electron chi connectivity index (χ0n) is 15.9. The summed E-state index contributed by atoms with van der Waals surface area (Å²) in [5, 5.41) is 0. The minimum atomic E-state index is -3.26. The third-order valence-electron chi connectivity index (χ3n) is 4.69. The van der Waals surface area contributed by atoms with E-state index in [1.165, 1.54) is 31.9 Å². The molecule has 6 nitrogen and oxygen atoms in total. The van der Waals surface area contributed by atoms with Gasteiger partial charge in [0.15, 0.2) is 0 Å². The first-order chi connectivity index (χ1) is 12.4. The summed E-state index contributed by atoms with van der Waals surface area (Å²) < 4.78 is 26.3. The van der Waals surface area contributed by atoms with E-state index in [4.69, 9.17) is 0 Å². The van der Waals surface area contributed by atoms with Crippen molar-refractivity contribution in [2.75, 3.05) is 41.7 Å². The fourth-order valence-corrected chi connectivity index (χ4v) is 4.40. The van der Waals surface area contributed by atoms with Crippen LogP contribution in [0.5, 0.6) is 0 Å². The van der Waals surface area contributed by atoms with Crippen molar-refractivity contribution in [3.63, 3.8) is 0 Å². The van der Waals surface area contributed by atoms with Crippen LogP contribution in [0.15, 0.2) is 24.3 Å². The summed E-state index contributed by atoms with van der Waals surface area (Å²) in [5.74, 6) is 0.0390. The highest BCUT2D eigenvalue weighted by atomic mass is 32.2. The lowest BCUT2D eigenvalue weighted by Gasteiger charge is -2.29. The molecule has 0 atom stereocenters. The molecule has 146 valence electrons. The van der Waals surface area contributed by atoms with E-state index < -0.39 is 10.0 Å². The number of amides is 1. The fraction of sp³-hybridized carbons (Fsp3) is 0.632. The predicted octanol–water partition coefficient (Wildman–Crippen LogP) is 2.75. The van der Waals surface area contributed by atoms with Crippen LogP contribution in [0.3, 0.4) is 0 Å². The Bertz CT molecular complexity index is 668. The first-order valence-corrected chi connectivity index (χ1v) is 11.2. The molecule has 1 heterocycles. The molecule has 1 fully saturated rings. The number of carbonyl (C=O) groups is 1.